The Hall–Kier alpha value is -2.55. The van der Waals surface area contributed by atoms with Gasteiger partial charge in [-0.15, -0.1) is 0 Å². The first-order valence-electron chi connectivity index (χ1n) is 6.11. The smallest absolute Gasteiger partial charge is 0.232 e. The summed E-state index contributed by atoms with van der Waals surface area (Å²) in [7, 11) is 0. The second-order valence-corrected chi connectivity index (χ2v) is 4.43. The lowest BCUT2D eigenvalue weighted by molar-refractivity contribution is 0.101. The molecule has 1 aliphatic carbocycles. The Morgan fingerprint density at radius 1 is 1.26 bits per heavy atom. The molecule has 0 amide bonds. The van der Waals surface area contributed by atoms with E-state index < -0.39 is 0 Å². The van der Waals surface area contributed by atoms with Crippen molar-refractivity contribution in [3.63, 3.8) is 0 Å². The van der Waals surface area contributed by atoms with Crippen molar-refractivity contribution in [2.24, 2.45) is 0 Å². The fourth-order valence-corrected chi connectivity index (χ4v) is 2.05. The van der Waals surface area contributed by atoms with Crippen molar-refractivity contribution in [3.8, 4) is 5.75 Å². The average Bonchev–Trinajstić information content (AvgIpc) is 2.59. The van der Waals surface area contributed by atoms with Crippen molar-refractivity contribution < 1.29 is 9.53 Å². The number of hydrogen-bond acceptors (Lipinski definition) is 3. The molecule has 19 heavy (non-hydrogen) atoms. The summed E-state index contributed by atoms with van der Waals surface area (Å²) in [6.45, 7) is 0. The zero-order valence-electron chi connectivity index (χ0n) is 10.3. The minimum atomic E-state index is -0.121. The maximum absolute atomic E-state index is 12.2. The Morgan fingerprint density at radius 3 is 3.05 bits per heavy atom. The molecule has 0 fully saturated rings. The predicted molar refractivity (Wildman–Crippen MR) is 74.9 cm³/mol. The van der Waals surface area contributed by atoms with E-state index >= 15 is 0 Å². The monoisotopic (exact) mass is 251 g/mol. The Bertz CT molecular complexity index is 663. The van der Waals surface area contributed by atoms with Crippen LogP contribution < -0.4 is 10.5 Å². The summed E-state index contributed by atoms with van der Waals surface area (Å²) < 4.78 is 5.57. The number of carbonyl (C=O) groups excluding carboxylic acids is 1. The molecule has 0 spiro atoms. The lowest BCUT2D eigenvalue weighted by atomic mass is 10.1. The van der Waals surface area contributed by atoms with Gasteiger partial charge < -0.3 is 10.5 Å². The molecular formula is C16H13NO2. The van der Waals surface area contributed by atoms with Crippen molar-refractivity contribution in [1.82, 2.24) is 0 Å². The summed E-state index contributed by atoms with van der Waals surface area (Å²) >= 11 is 0. The predicted octanol–water partition coefficient (Wildman–Crippen LogP) is 3.17. The van der Waals surface area contributed by atoms with Gasteiger partial charge in [-0.25, -0.2) is 0 Å². The van der Waals surface area contributed by atoms with Crippen LogP contribution in [-0.2, 0) is 0 Å². The fraction of sp³-hybridized carbons (Fsp3) is 0.0625. The van der Waals surface area contributed by atoms with E-state index in [-0.39, 0.29) is 5.78 Å². The number of allylic oxidation sites excluding steroid dienone is 8. The van der Waals surface area contributed by atoms with Gasteiger partial charge in [-0.3, -0.25) is 4.79 Å². The number of ketones is 1. The van der Waals surface area contributed by atoms with E-state index in [0.29, 0.717) is 22.8 Å². The number of anilines is 1. The molecule has 94 valence electrons. The van der Waals surface area contributed by atoms with Crippen LogP contribution in [0.4, 0.5) is 5.69 Å². The third-order valence-electron chi connectivity index (χ3n) is 3.00. The molecule has 0 unspecified atom stereocenters. The molecule has 0 radical (unpaired) electrons. The second-order valence-electron chi connectivity index (χ2n) is 4.43. The number of carbonyl (C=O) groups is 1. The summed E-state index contributed by atoms with van der Waals surface area (Å²) in [5, 5.41) is 0. The van der Waals surface area contributed by atoms with Crippen molar-refractivity contribution in [2.45, 2.75) is 6.42 Å². The molecule has 0 atom stereocenters. The van der Waals surface area contributed by atoms with E-state index in [0.717, 1.165) is 12.0 Å². The Morgan fingerprint density at radius 2 is 2.16 bits per heavy atom. The maximum atomic E-state index is 12.2. The number of nitrogens with two attached hydrogens (primary N) is 1. The third-order valence-corrected chi connectivity index (χ3v) is 3.00. The van der Waals surface area contributed by atoms with Gasteiger partial charge in [0.2, 0.25) is 5.78 Å². The zero-order valence-corrected chi connectivity index (χ0v) is 10.3. The van der Waals surface area contributed by atoms with Crippen LogP contribution in [0, 0.1) is 0 Å². The number of rotatable bonds is 1. The van der Waals surface area contributed by atoms with E-state index in [1.165, 1.54) is 0 Å². The molecule has 1 aliphatic heterocycles. The fourth-order valence-electron chi connectivity index (χ4n) is 2.05. The van der Waals surface area contributed by atoms with Crippen molar-refractivity contribution >= 4 is 11.5 Å². The lowest BCUT2D eigenvalue weighted by Gasteiger charge is -1.98. The zero-order chi connectivity index (χ0) is 13.2. The summed E-state index contributed by atoms with van der Waals surface area (Å²) in [6.07, 6.45) is 12.6. The van der Waals surface area contributed by atoms with E-state index in [1.54, 1.807) is 24.3 Å². The first-order chi connectivity index (χ1) is 9.24. The van der Waals surface area contributed by atoms with Crippen molar-refractivity contribution in [2.75, 3.05) is 5.73 Å². The normalized spacial score (nSPS) is 19.1. The van der Waals surface area contributed by atoms with Crippen LogP contribution in [0.25, 0.3) is 0 Å². The number of Topliss-reactive ketones (excluding diaryl/α,β-unsaturated/α-hetero) is 1. The molecule has 0 saturated carbocycles. The topological polar surface area (TPSA) is 52.3 Å². The number of nitrogen functional groups attached to an aromatic ring is 1. The van der Waals surface area contributed by atoms with Gasteiger partial charge >= 0.3 is 0 Å². The standard InChI is InChI=1S/C16H13NO2/c17-12-7-8-14-13(10-12)16(18)15(19-14)9-11-5-3-1-2-4-6-11/h1,3-10H,2,17H2/b15-9-. The van der Waals surface area contributed by atoms with Gasteiger partial charge in [0.1, 0.15) is 5.75 Å². The molecular weight excluding hydrogens is 238 g/mol. The van der Waals surface area contributed by atoms with Crippen LogP contribution in [0.5, 0.6) is 5.75 Å². The highest BCUT2D eigenvalue weighted by atomic mass is 16.5. The maximum Gasteiger partial charge on any atom is 0.232 e. The molecule has 0 saturated heterocycles. The van der Waals surface area contributed by atoms with Crippen LogP contribution in [0.1, 0.15) is 16.8 Å². The first-order valence-corrected chi connectivity index (χ1v) is 6.11. The highest BCUT2D eigenvalue weighted by Crippen LogP contribution is 2.32. The molecule has 0 aromatic heterocycles. The Balaban J connectivity index is 1.95. The van der Waals surface area contributed by atoms with E-state index in [4.69, 9.17) is 10.5 Å². The van der Waals surface area contributed by atoms with Gasteiger partial charge in [0.15, 0.2) is 5.76 Å². The average molecular weight is 251 g/mol. The summed E-state index contributed by atoms with van der Waals surface area (Å²) in [5.74, 6) is 0.788. The van der Waals surface area contributed by atoms with Crippen molar-refractivity contribution in [3.05, 3.63) is 71.6 Å². The molecule has 1 aromatic rings. The van der Waals surface area contributed by atoms with Crippen LogP contribution in [0.2, 0.25) is 0 Å². The van der Waals surface area contributed by atoms with Gasteiger partial charge in [-0.1, -0.05) is 30.4 Å². The molecule has 0 bridgehead atoms. The largest absolute Gasteiger partial charge is 0.452 e. The second kappa shape index (κ2) is 4.61. The number of benzene rings is 1. The number of ether oxygens (including phenoxy) is 1. The molecule has 3 heteroatoms. The molecule has 1 aromatic carbocycles. The highest BCUT2D eigenvalue weighted by Gasteiger charge is 2.27. The summed E-state index contributed by atoms with van der Waals surface area (Å²) in [5.41, 5.74) is 7.72. The third kappa shape index (κ3) is 2.22. The van der Waals surface area contributed by atoms with Crippen LogP contribution in [0.3, 0.4) is 0 Å². The number of hydrogen-bond donors (Lipinski definition) is 1. The Labute approximate surface area is 111 Å². The van der Waals surface area contributed by atoms with Gasteiger partial charge in [0.25, 0.3) is 0 Å². The molecule has 2 N–H and O–H groups in total. The van der Waals surface area contributed by atoms with Gasteiger partial charge in [-0.2, -0.15) is 0 Å². The summed E-state index contributed by atoms with van der Waals surface area (Å²) in [4.78, 5) is 12.2. The number of fused-ring (bicyclic) bond motifs is 1. The first kappa shape index (κ1) is 11.5. The van der Waals surface area contributed by atoms with Crippen LogP contribution >= 0.6 is 0 Å². The van der Waals surface area contributed by atoms with Gasteiger partial charge in [0, 0.05) is 5.69 Å². The van der Waals surface area contributed by atoms with Gasteiger partial charge in [0.05, 0.1) is 5.56 Å². The lowest BCUT2D eigenvalue weighted by Crippen LogP contribution is -1.99. The van der Waals surface area contributed by atoms with E-state index in [9.17, 15) is 4.79 Å². The molecule has 2 aliphatic rings. The van der Waals surface area contributed by atoms with Crippen molar-refractivity contribution in [1.29, 1.82) is 0 Å². The minimum Gasteiger partial charge on any atom is -0.452 e. The van der Waals surface area contributed by atoms with Crippen LogP contribution in [-0.4, -0.2) is 5.78 Å². The van der Waals surface area contributed by atoms with Gasteiger partial charge in [-0.05, 0) is 36.3 Å². The highest BCUT2D eigenvalue weighted by molar-refractivity contribution is 6.12. The van der Waals surface area contributed by atoms with Crippen LogP contribution in [0.15, 0.2) is 66.0 Å². The quantitative estimate of drug-likeness (QED) is 0.616. The molecule has 3 rings (SSSR count). The SMILES string of the molecule is Nc1ccc2c(c1)C(=O)/C(=C/C1=CC=CCC=C1)O2. The molecule has 1 heterocycles. The van der Waals surface area contributed by atoms with E-state index in [1.807, 2.05) is 24.3 Å². The van der Waals surface area contributed by atoms with E-state index in [2.05, 4.69) is 6.08 Å². The molecule has 3 nitrogen and oxygen atoms in total. The minimum absolute atomic E-state index is 0.121. The summed E-state index contributed by atoms with van der Waals surface area (Å²) in [6, 6.07) is 5.10. The Kier molecular flexibility index (Phi) is 2.80.